The van der Waals surface area contributed by atoms with E-state index in [1.807, 2.05) is 74.6 Å². The number of aliphatic hydroxyl groups excluding tert-OH is 1. The number of nitrogens with one attached hydrogen (secondary N) is 2. The number of para-hydroxylation sites is 1. The zero-order chi connectivity index (χ0) is 23.1. The van der Waals surface area contributed by atoms with Gasteiger partial charge in [-0.1, -0.05) is 62.4 Å². The van der Waals surface area contributed by atoms with E-state index in [9.17, 15) is 14.7 Å². The van der Waals surface area contributed by atoms with Crippen molar-refractivity contribution < 1.29 is 19.4 Å². The number of ether oxygens (including phenoxy) is 1. The highest BCUT2D eigenvalue weighted by atomic mass is 16.6. The fourth-order valence-electron chi connectivity index (χ4n) is 3.87. The van der Waals surface area contributed by atoms with Gasteiger partial charge in [-0.05, 0) is 29.5 Å². The molecule has 1 heterocycles. The molecule has 32 heavy (non-hydrogen) atoms. The van der Waals surface area contributed by atoms with Crippen LogP contribution in [0.15, 0.2) is 60.8 Å². The summed E-state index contributed by atoms with van der Waals surface area (Å²) >= 11 is 0. The first-order valence-corrected chi connectivity index (χ1v) is 10.8. The molecule has 3 rings (SSSR count). The summed E-state index contributed by atoms with van der Waals surface area (Å²) in [6.45, 7) is 3.67. The third-order valence-corrected chi connectivity index (χ3v) is 5.52. The zero-order valence-electron chi connectivity index (χ0n) is 18.7. The average Bonchev–Trinajstić information content (AvgIpc) is 3.20. The quantitative estimate of drug-likeness (QED) is 0.478. The van der Waals surface area contributed by atoms with Crippen LogP contribution in [0.1, 0.15) is 25.0 Å². The summed E-state index contributed by atoms with van der Waals surface area (Å²) in [5, 5.41) is 13.9. The largest absolute Gasteiger partial charge is 0.445 e. The highest BCUT2D eigenvalue weighted by Crippen LogP contribution is 2.19. The van der Waals surface area contributed by atoms with Crippen molar-refractivity contribution in [3.05, 3.63) is 71.9 Å². The normalized spacial score (nSPS) is 13.0. The molecule has 0 saturated heterocycles. The second kappa shape index (κ2) is 10.8. The molecular formula is C25H31N3O4. The Morgan fingerprint density at radius 3 is 2.47 bits per heavy atom. The molecule has 0 radical (unpaired) electrons. The molecule has 0 bridgehead atoms. The van der Waals surface area contributed by atoms with Gasteiger partial charge >= 0.3 is 6.09 Å². The van der Waals surface area contributed by atoms with E-state index in [1.165, 1.54) is 4.90 Å². The average molecular weight is 438 g/mol. The van der Waals surface area contributed by atoms with Crippen molar-refractivity contribution in [3.8, 4) is 0 Å². The standard InChI is InChI=1S/C25H31N3O4/c1-17(2)23(28(3)25(31)32-16-18-9-5-4-6-10-18)24(30)27-20(15-29)13-19-14-26-22-12-8-7-11-21(19)22/h4-12,14,17,20,23,26,29H,13,15-16H2,1-3H3,(H,27,30)/t20-,23-/m0/s1. The van der Waals surface area contributed by atoms with Gasteiger partial charge in [-0.2, -0.15) is 0 Å². The summed E-state index contributed by atoms with van der Waals surface area (Å²) in [6.07, 6.45) is 1.80. The number of likely N-dealkylation sites (N-methyl/N-ethyl adjacent to an activating group) is 1. The Morgan fingerprint density at radius 2 is 1.78 bits per heavy atom. The first-order valence-electron chi connectivity index (χ1n) is 10.8. The summed E-state index contributed by atoms with van der Waals surface area (Å²) in [4.78, 5) is 30.2. The third-order valence-electron chi connectivity index (χ3n) is 5.52. The monoisotopic (exact) mass is 437 g/mol. The molecular weight excluding hydrogens is 406 g/mol. The molecule has 170 valence electrons. The molecule has 0 aliphatic rings. The molecule has 3 aromatic rings. The molecule has 0 fully saturated rings. The van der Waals surface area contributed by atoms with Gasteiger partial charge < -0.3 is 20.1 Å². The van der Waals surface area contributed by atoms with E-state index < -0.39 is 18.2 Å². The number of nitrogens with zero attached hydrogens (tertiary/aromatic N) is 1. The zero-order valence-corrected chi connectivity index (χ0v) is 18.7. The Labute approximate surface area is 188 Å². The lowest BCUT2D eigenvalue weighted by Crippen LogP contribution is -2.53. The van der Waals surface area contributed by atoms with Crippen molar-refractivity contribution in [3.63, 3.8) is 0 Å². The smallest absolute Gasteiger partial charge is 0.410 e. The Bertz CT molecular complexity index is 1030. The van der Waals surface area contributed by atoms with Crippen LogP contribution in [0.2, 0.25) is 0 Å². The SMILES string of the molecule is CC(C)[C@@H](C(=O)N[C@H](CO)Cc1c[nH]c2ccccc12)N(C)C(=O)OCc1ccccc1. The molecule has 2 aromatic carbocycles. The maximum Gasteiger partial charge on any atom is 0.410 e. The van der Waals surface area contributed by atoms with E-state index in [-0.39, 0.29) is 25.0 Å². The van der Waals surface area contributed by atoms with Crippen LogP contribution in [0.3, 0.4) is 0 Å². The minimum Gasteiger partial charge on any atom is -0.445 e. The minimum atomic E-state index is -0.727. The second-order valence-electron chi connectivity index (χ2n) is 8.29. The molecule has 3 N–H and O–H groups in total. The summed E-state index contributed by atoms with van der Waals surface area (Å²) < 4.78 is 5.39. The van der Waals surface area contributed by atoms with Crippen LogP contribution >= 0.6 is 0 Å². The van der Waals surface area contributed by atoms with E-state index in [0.29, 0.717) is 6.42 Å². The molecule has 0 unspecified atom stereocenters. The van der Waals surface area contributed by atoms with Gasteiger partial charge in [0, 0.05) is 24.1 Å². The van der Waals surface area contributed by atoms with Gasteiger partial charge in [-0.15, -0.1) is 0 Å². The first kappa shape index (κ1) is 23.3. The number of H-pyrrole nitrogens is 1. The Kier molecular flexibility index (Phi) is 7.89. The summed E-state index contributed by atoms with van der Waals surface area (Å²) in [6, 6.07) is 16.1. The molecule has 2 atom stereocenters. The Hall–Kier alpha value is -3.32. The molecule has 0 aliphatic carbocycles. The van der Waals surface area contributed by atoms with Crippen molar-refractivity contribution in [1.29, 1.82) is 0 Å². The molecule has 0 spiro atoms. The number of carbonyl (C=O) groups is 2. The lowest BCUT2D eigenvalue weighted by Gasteiger charge is -2.31. The Balaban J connectivity index is 1.64. The highest BCUT2D eigenvalue weighted by Gasteiger charge is 2.32. The second-order valence-corrected chi connectivity index (χ2v) is 8.29. The van der Waals surface area contributed by atoms with E-state index in [1.54, 1.807) is 7.05 Å². The van der Waals surface area contributed by atoms with Crippen LogP contribution in [0.4, 0.5) is 4.79 Å². The number of aliphatic hydroxyl groups is 1. The number of benzene rings is 2. The van der Waals surface area contributed by atoms with Crippen molar-refractivity contribution in [2.24, 2.45) is 5.92 Å². The Morgan fingerprint density at radius 1 is 1.09 bits per heavy atom. The van der Waals surface area contributed by atoms with Crippen molar-refractivity contribution in [1.82, 2.24) is 15.2 Å². The third kappa shape index (κ3) is 5.68. The van der Waals surface area contributed by atoms with Crippen LogP contribution in [0.5, 0.6) is 0 Å². The summed E-state index contributed by atoms with van der Waals surface area (Å²) in [7, 11) is 1.56. The minimum absolute atomic E-state index is 0.135. The first-order chi connectivity index (χ1) is 15.4. The van der Waals surface area contributed by atoms with Gasteiger partial charge in [0.25, 0.3) is 0 Å². The van der Waals surface area contributed by atoms with Crippen LogP contribution in [-0.4, -0.2) is 52.7 Å². The van der Waals surface area contributed by atoms with Crippen LogP contribution < -0.4 is 5.32 Å². The number of carbonyl (C=O) groups excluding carboxylic acids is 2. The molecule has 7 heteroatoms. The van der Waals surface area contributed by atoms with Gasteiger partial charge in [0.1, 0.15) is 12.6 Å². The number of aromatic amines is 1. The van der Waals surface area contributed by atoms with E-state index in [4.69, 9.17) is 4.74 Å². The van der Waals surface area contributed by atoms with Crippen LogP contribution in [-0.2, 0) is 22.6 Å². The van der Waals surface area contributed by atoms with Crippen molar-refractivity contribution >= 4 is 22.9 Å². The molecule has 7 nitrogen and oxygen atoms in total. The summed E-state index contributed by atoms with van der Waals surface area (Å²) in [5.41, 5.74) is 2.89. The van der Waals surface area contributed by atoms with Crippen LogP contribution in [0, 0.1) is 5.92 Å². The lowest BCUT2D eigenvalue weighted by molar-refractivity contribution is -0.128. The maximum absolute atomic E-state index is 13.1. The predicted octanol–water partition coefficient (Wildman–Crippen LogP) is 3.48. The van der Waals surface area contributed by atoms with Gasteiger partial charge in [0.05, 0.1) is 12.6 Å². The van der Waals surface area contributed by atoms with Gasteiger partial charge in [-0.3, -0.25) is 9.69 Å². The number of amides is 2. The molecule has 1 aromatic heterocycles. The van der Waals surface area contributed by atoms with E-state index in [0.717, 1.165) is 22.0 Å². The molecule has 0 saturated carbocycles. The molecule has 2 amide bonds. The maximum atomic E-state index is 13.1. The summed E-state index contributed by atoms with van der Waals surface area (Å²) in [5.74, 6) is -0.463. The van der Waals surface area contributed by atoms with Gasteiger partial charge in [0.2, 0.25) is 5.91 Å². The van der Waals surface area contributed by atoms with E-state index >= 15 is 0 Å². The predicted molar refractivity (Wildman–Crippen MR) is 124 cm³/mol. The lowest BCUT2D eigenvalue weighted by atomic mass is 10.0. The van der Waals surface area contributed by atoms with Gasteiger partial charge in [0.15, 0.2) is 0 Å². The number of fused-ring (bicyclic) bond motifs is 1. The van der Waals surface area contributed by atoms with Gasteiger partial charge in [-0.25, -0.2) is 4.79 Å². The van der Waals surface area contributed by atoms with Crippen molar-refractivity contribution in [2.75, 3.05) is 13.7 Å². The number of aromatic nitrogens is 1. The van der Waals surface area contributed by atoms with Crippen molar-refractivity contribution in [2.45, 2.75) is 39.0 Å². The highest BCUT2D eigenvalue weighted by molar-refractivity contribution is 5.86. The molecule has 0 aliphatic heterocycles. The van der Waals surface area contributed by atoms with E-state index in [2.05, 4.69) is 10.3 Å². The van der Waals surface area contributed by atoms with Crippen LogP contribution in [0.25, 0.3) is 10.9 Å². The fourth-order valence-corrected chi connectivity index (χ4v) is 3.87. The number of hydrogen-bond donors (Lipinski definition) is 3. The number of rotatable bonds is 9. The topological polar surface area (TPSA) is 94.7 Å². The fraction of sp³-hybridized carbons (Fsp3) is 0.360. The number of hydrogen-bond acceptors (Lipinski definition) is 4.